The summed E-state index contributed by atoms with van der Waals surface area (Å²) in [6.07, 6.45) is -0.215. The lowest BCUT2D eigenvalue weighted by molar-refractivity contribution is -0.142. The molecule has 0 heterocycles. The molecule has 1 atom stereocenters. The van der Waals surface area contributed by atoms with Crippen molar-refractivity contribution >= 4 is 17.4 Å². The van der Waals surface area contributed by atoms with E-state index in [-0.39, 0.29) is 17.9 Å². The van der Waals surface area contributed by atoms with Gasteiger partial charge >= 0.3 is 5.97 Å². The molecule has 6 nitrogen and oxygen atoms in total. The molecule has 0 saturated carbocycles. The van der Waals surface area contributed by atoms with E-state index < -0.39 is 17.8 Å². The molecule has 1 unspecified atom stereocenters. The number of anilines is 1. The van der Waals surface area contributed by atoms with E-state index >= 15 is 0 Å². The first-order valence-corrected chi connectivity index (χ1v) is 4.51. The van der Waals surface area contributed by atoms with Crippen molar-refractivity contribution < 1.29 is 19.8 Å². The van der Waals surface area contributed by atoms with E-state index in [1.165, 1.54) is 18.2 Å². The number of hydrogen-bond acceptors (Lipinski definition) is 5. The van der Waals surface area contributed by atoms with Crippen molar-refractivity contribution in [2.24, 2.45) is 5.73 Å². The van der Waals surface area contributed by atoms with E-state index in [0.29, 0.717) is 5.56 Å². The number of carboxylic acids is 1. The van der Waals surface area contributed by atoms with Crippen molar-refractivity contribution in [3.63, 3.8) is 0 Å². The van der Waals surface area contributed by atoms with Gasteiger partial charge in [0.1, 0.15) is 5.75 Å². The summed E-state index contributed by atoms with van der Waals surface area (Å²) in [7, 11) is 0. The predicted octanol–water partition coefficient (Wildman–Crippen LogP) is -0.502. The van der Waals surface area contributed by atoms with E-state index in [2.05, 4.69) is 0 Å². The maximum Gasteiger partial charge on any atom is 0.328 e. The van der Waals surface area contributed by atoms with Gasteiger partial charge in [-0.2, -0.15) is 0 Å². The van der Waals surface area contributed by atoms with Crippen LogP contribution in [0.1, 0.15) is 5.56 Å². The smallest absolute Gasteiger partial charge is 0.328 e. The summed E-state index contributed by atoms with van der Waals surface area (Å²) in [5.74, 6) is -2.19. The fourth-order valence-corrected chi connectivity index (χ4v) is 1.19. The molecule has 0 bridgehead atoms. The van der Waals surface area contributed by atoms with Gasteiger partial charge in [0, 0.05) is 6.42 Å². The van der Waals surface area contributed by atoms with Crippen LogP contribution in [0, 0.1) is 0 Å². The zero-order valence-corrected chi connectivity index (χ0v) is 8.38. The number of para-hydroxylation sites is 1. The Morgan fingerprint density at radius 1 is 1.38 bits per heavy atom. The zero-order valence-electron chi connectivity index (χ0n) is 8.38. The number of carbonyl (C=O) groups excluding carboxylic acids is 1. The van der Waals surface area contributed by atoms with Gasteiger partial charge in [-0.25, -0.2) is 0 Å². The molecule has 0 radical (unpaired) electrons. The van der Waals surface area contributed by atoms with E-state index in [9.17, 15) is 14.7 Å². The molecule has 16 heavy (non-hydrogen) atoms. The number of nitrogen functional groups attached to an aromatic ring is 1. The third-order valence-corrected chi connectivity index (χ3v) is 2.15. The van der Waals surface area contributed by atoms with Gasteiger partial charge in [-0.3, -0.25) is 9.59 Å². The zero-order chi connectivity index (χ0) is 12.3. The monoisotopic (exact) mass is 224 g/mol. The number of carbonyl (C=O) groups is 2. The average Bonchev–Trinajstić information content (AvgIpc) is 2.23. The molecule has 1 rings (SSSR count). The third-order valence-electron chi connectivity index (χ3n) is 2.15. The number of ketones is 1. The number of carboxylic acid groups (broad SMARTS) is 1. The average molecular weight is 224 g/mol. The Hall–Kier alpha value is -2.08. The topological polar surface area (TPSA) is 127 Å². The molecule has 0 spiro atoms. The molecule has 0 fully saturated rings. The highest BCUT2D eigenvalue weighted by molar-refractivity contribution is 6.03. The van der Waals surface area contributed by atoms with E-state index in [0.717, 1.165) is 0 Å². The summed E-state index contributed by atoms with van der Waals surface area (Å²) in [6, 6.07) is 2.85. The first-order valence-electron chi connectivity index (χ1n) is 4.51. The molecule has 0 aromatic heterocycles. The molecule has 6 heteroatoms. The number of phenols is 1. The fourth-order valence-electron chi connectivity index (χ4n) is 1.19. The number of aliphatic carboxylic acids is 1. The SMILES string of the molecule is Nc1c(O)cccc1CC(=O)C(N)C(=O)O. The lowest BCUT2D eigenvalue weighted by Gasteiger charge is -2.08. The van der Waals surface area contributed by atoms with Crippen LogP contribution in [-0.4, -0.2) is 28.0 Å². The van der Waals surface area contributed by atoms with Crippen LogP contribution >= 0.6 is 0 Å². The summed E-state index contributed by atoms with van der Waals surface area (Å²) in [4.78, 5) is 21.8. The van der Waals surface area contributed by atoms with Crippen molar-refractivity contribution in [3.8, 4) is 5.75 Å². The summed E-state index contributed by atoms with van der Waals surface area (Å²) in [6.45, 7) is 0. The van der Waals surface area contributed by atoms with Crippen molar-refractivity contribution in [2.45, 2.75) is 12.5 Å². The van der Waals surface area contributed by atoms with Crippen LogP contribution in [-0.2, 0) is 16.0 Å². The number of hydrogen-bond donors (Lipinski definition) is 4. The first-order chi connectivity index (χ1) is 7.43. The van der Waals surface area contributed by atoms with Crippen LogP contribution in [0.25, 0.3) is 0 Å². The largest absolute Gasteiger partial charge is 0.506 e. The van der Waals surface area contributed by atoms with E-state index in [1.54, 1.807) is 0 Å². The van der Waals surface area contributed by atoms with Crippen LogP contribution in [0.15, 0.2) is 18.2 Å². The number of nitrogens with two attached hydrogens (primary N) is 2. The van der Waals surface area contributed by atoms with Gasteiger partial charge in [0.05, 0.1) is 5.69 Å². The summed E-state index contributed by atoms with van der Waals surface area (Å²) in [5, 5.41) is 17.8. The van der Waals surface area contributed by atoms with Crippen LogP contribution in [0.5, 0.6) is 5.75 Å². The Morgan fingerprint density at radius 3 is 2.56 bits per heavy atom. The van der Waals surface area contributed by atoms with Gasteiger partial charge in [0.25, 0.3) is 0 Å². The highest BCUT2D eigenvalue weighted by Crippen LogP contribution is 2.23. The second-order valence-electron chi connectivity index (χ2n) is 3.31. The number of phenolic OH excluding ortho intramolecular Hbond substituents is 1. The van der Waals surface area contributed by atoms with Crippen LogP contribution < -0.4 is 11.5 Å². The number of Topliss-reactive ketones (excluding diaryl/α,β-unsaturated/α-hetero) is 1. The second-order valence-corrected chi connectivity index (χ2v) is 3.31. The van der Waals surface area contributed by atoms with Gasteiger partial charge in [0.15, 0.2) is 11.8 Å². The normalized spacial score (nSPS) is 12.1. The lowest BCUT2D eigenvalue weighted by Crippen LogP contribution is -2.39. The standard InChI is InChI=1S/C10H12N2O4/c11-8-5(2-1-3-6(8)13)4-7(14)9(12)10(15)16/h1-3,9,13H,4,11-12H2,(H,15,16). The van der Waals surface area contributed by atoms with Gasteiger partial charge < -0.3 is 21.7 Å². The molecule has 0 saturated heterocycles. The Labute approximate surface area is 91.5 Å². The maximum atomic E-state index is 11.4. The minimum atomic E-state index is -1.57. The van der Waals surface area contributed by atoms with Crippen molar-refractivity contribution in [3.05, 3.63) is 23.8 Å². The van der Waals surface area contributed by atoms with E-state index in [4.69, 9.17) is 16.6 Å². The Bertz CT molecular complexity index is 431. The van der Waals surface area contributed by atoms with Gasteiger partial charge in [-0.1, -0.05) is 12.1 Å². The number of aromatic hydroxyl groups is 1. The first kappa shape index (κ1) is 12.0. The highest BCUT2D eigenvalue weighted by Gasteiger charge is 2.22. The minimum absolute atomic E-state index is 0.0634. The molecule has 1 aromatic carbocycles. The molecule has 6 N–H and O–H groups in total. The molecule has 86 valence electrons. The Kier molecular flexibility index (Phi) is 3.47. The van der Waals surface area contributed by atoms with Gasteiger partial charge in [-0.15, -0.1) is 0 Å². The quantitative estimate of drug-likeness (QED) is 0.310. The van der Waals surface area contributed by atoms with E-state index in [1.807, 2.05) is 0 Å². The summed E-state index contributed by atoms with van der Waals surface area (Å²) < 4.78 is 0. The number of benzene rings is 1. The minimum Gasteiger partial charge on any atom is -0.506 e. The number of rotatable bonds is 4. The lowest BCUT2D eigenvalue weighted by atomic mass is 10.0. The predicted molar refractivity (Wildman–Crippen MR) is 56.8 cm³/mol. The summed E-state index contributed by atoms with van der Waals surface area (Å²) in [5.41, 5.74) is 11.1. The second kappa shape index (κ2) is 4.63. The molecule has 0 aliphatic rings. The molecule has 0 aliphatic heterocycles. The maximum absolute atomic E-state index is 11.4. The molecule has 1 aromatic rings. The van der Waals surface area contributed by atoms with Gasteiger partial charge in [0.2, 0.25) is 0 Å². The van der Waals surface area contributed by atoms with Crippen molar-refractivity contribution in [1.29, 1.82) is 0 Å². The van der Waals surface area contributed by atoms with Crippen molar-refractivity contribution in [1.82, 2.24) is 0 Å². The Balaban J connectivity index is 2.85. The molecular formula is C10H12N2O4. The van der Waals surface area contributed by atoms with Crippen LogP contribution in [0.3, 0.4) is 0 Å². The van der Waals surface area contributed by atoms with Gasteiger partial charge in [-0.05, 0) is 11.6 Å². The molecule has 0 amide bonds. The third kappa shape index (κ3) is 2.48. The fraction of sp³-hybridized carbons (Fsp3) is 0.200. The van der Waals surface area contributed by atoms with Crippen LogP contribution in [0.4, 0.5) is 5.69 Å². The van der Waals surface area contributed by atoms with Crippen molar-refractivity contribution in [2.75, 3.05) is 5.73 Å². The highest BCUT2D eigenvalue weighted by atomic mass is 16.4. The van der Waals surface area contributed by atoms with Crippen LogP contribution in [0.2, 0.25) is 0 Å². The summed E-state index contributed by atoms with van der Waals surface area (Å²) >= 11 is 0. The molecular weight excluding hydrogens is 212 g/mol. The molecule has 0 aliphatic carbocycles. The Morgan fingerprint density at radius 2 is 2.00 bits per heavy atom.